The molecule has 32 heavy (non-hydrogen) atoms. The first-order chi connectivity index (χ1) is 15.1. The topological polar surface area (TPSA) is 98.4 Å². The molecule has 1 aliphatic rings. The first-order valence-electron chi connectivity index (χ1n) is 9.61. The molecule has 1 fully saturated rings. The van der Waals surface area contributed by atoms with Crippen molar-refractivity contribution < 1.29 is 33.0 Å². The van der Waals surface area contributed by atoms with Gasteiger partial charge in [-0.15, -0.1) is 0 Å². The smallest absolute Gasteiger partial charge is 0.416 e. The summed E-state index contributed by atoms with van der Waals surface area (Å²) in [5.74, 6) is -1.76. The van der Waals surface area contributed by atoms with Crippen LogP contribution in [0.5, 0.6) is 0 Å². The number of aromatic nitrogens is 2. The van der Waals surface area contributed by atoms with E-state index in [9.17, 15) is 22.8 Å². The van der Waals surface area contributed by atoms with Gasteiger partial charge < -0.3 is 24.4 Å². The average molecular weight is 450 g/mol. The maximum Gasteiger partial charge on any atom is 0.416 e. The van der Waals surface area contributed by atoms with Crippen LogP contribution in [-0.4, -0.2) is 69.7 Å². The van der Waals surface area contributed by atoms with E-state index in [-0.39, 0.29) is 0 Å². The SMILES string of the molecule is CN1CCN(c2nc3cc(C(F)(F)F)ccc3n3cccc23)CC1.O=C(O)/C=C/C(=O)O. The number of alkyl halides is 3. The molecule has 0 saturated carbocycles. The van der Waals surface area contributed by atoms with Crippen molar-refractivity contribution in [1.29, 1.82) is 0 Å². The lowest BCUT2D eigenvalue weighted by molar-refractivity contribution is -0.137. The zero-order valence-corrected chi connectivity index (χ0v) is 17.1. The summed E-state index contributed by atoms with van der Waals surface area (Å²) in [5.41, 5.74) is 1.30. The highest BCUT2D eigenvalue weighted by Gasteiger charge is 2.31. The van der Waals surface area contributed by atoms with Crippen LogP contribution in [0.2, 0.25) is 0 Å². The zero-order chi connectivity index (χ0) is 23.5. The van der Waals surface area contributed by atoms with Gasteiger partial charge in [-0.3, -0.25) is 0 Å². The third kappa shape index (κ3) is 5.35. The summed E-state index contributed by atoms with van der Waals surface area (Å²) in [4.78, 5) is 28.1. The van der Waals surface area contributed by atoms with Crippen molar-refractivity contribution in [2.24, 2.45) is 0 Å². The highest BCUT2D eigenvalue weighted by atomic mass is 19.4. The number of rotatable bonds is 3. The Morgan fingerprint density at radius 3 is 2.19 bits per heavy atom. The van der Waals surface area contributed by atoms with E-state index in [0.29, 0.717) is 23.2 Å². The molecule has 3 heterocycles. The lowest BCUT2D eigenvalue weighted by Gasteiger charge is -2.33. The Labute approximate surface area is 180 Å². The highest BCUT2D eigenvalue weighted by molar-refractivity contribution is 5.89. The first kappa shape index (κ1) is 23.1. The maximum absolute atomic E-state index is 13.0. The Morgan fingerprint density at radius 2 is 1.62 bits per heavy atom. The molecule has 0 radical (unpaired) electrons. The third-order valence-electron chi connectivity index (χ3n) is 4.94. The van der Waals surface area contributed by atoms with Crippen LogP contribution in [-0.2, 0) is 15.8 Å². The van der Waals surface area contributed by atoms with E-state index in [1.165, 1.54) is 6.07 Å². The Morgan fingerprint density at radius 1 is 1.00 bits per heavy atom. The maximum atomic E-state index is 13.0. The summed E-state index contributed by atoms with van der Waals surface area (Å²) < 4.78 is 41.0. The number of hydrogen-bond donors (Lipinski definition) is 2. The van der Waals surface area contributed by atoms with Crippen molar-refractivity contribution in [3.8, 4) is 0 Å². The predicted molar refractivity (Wildman–Crippen MR) is 112 cm³/mol. The molecule has 1 saturated heterocycles. The molecule has 2 N–H and O–H groups in total. The molecule has 0 atom stereocenters. The van der Waals surface area contributed by atoms with Crippen LogP contribution in [0.3, 0.4) is 0 Å². The molecule has 11 heteroatoms. The molecule has 0 unspecified atom stereocenters. The summed E-state index contributed by atoms with van der Waals surface area (Å²) in [6.45, 7) is 3.45. The largest absolute Gasteiger partial charge is 0.478 e. The number of hydrogen-bond acceptors (Lipinski definition) is 5. The van der Waals surface area contributed by atoms with Crippen molar-refractivity contribution in [2.75, 3.05) is 38.1 Å². The van der Waals surface area contributed by atoms with Gasteiger partial charge in [-0.05, 0) is 37.4 Å². The Hall–Kier alpha value is -3.60. The second-order valence-electron chi connectivity index (χ2n) is 7.20. The van der Waals surface area contributed by atoms with Crippen molar-refractivity contribution >= 4 is 34.3 Å². The van der Waals surface area contributed by atoms with E-state index in [1.807, 2.05) is 22.7 Å². The Bertz CT molecular complexity index is 1150. The third-order valence-corrected chi connectivity index (χ3v) is 4.94. The molecule has 3 aromatic rings. The molecular formula is C21H21F3N4O4. The number of nitrogens with zero attached hydrogens (tertiary/aromatic N) is 4. The number of carboxylic acid groups (broad SMARTS) is 2. The molecule has 0 amide bonds. The van der Waals surface area contributed by atoms with E-state index >= 15 is 0 Å². The van der Waals surface area contributed by atoms with Crippen molar-refractivity contribution in [1.82, 2.24) is 14.3 Å². The quantitative estimate of drug-likeness (QED) is 0.592. The number of aliphatic carboxylic acids is 2. The van der Waals surface area contributed by atoms with E-state index in [1.54, 1.807) is 0 Å². The van der Waals surface area contributed by atoms with Crippen LogP contribution in [0, 0.1) is 0 Å². The number of anilines is 1. The van der Waals surface area contributed by atoms with Crippen molar-refractivity contribution in [2.45, 2.75) is 6.18 Å². The average Bonchev–Trinajstić information content (AvgIpc) is 3.22. The second kappa shape index (κ2) is 9.27. The predicted octanol–water partition coefficient (Wildman–Crippen LogP) is 2.97. The standard InChI is InChI=1S/C17H17F3N4.C4H4O4/c1-22-7-9-23(10-8-22)16-15-3-2-6-24(15)14-5-4-12(17(18,19)20)11-13(14)21-16;5-3(6)1-2-4(7)8/h2-6,11H,7-10H2,1H3;1-2H,(H,5,6)(H,7,8)/b;2-1+. The van der Waals surface area contributed by atoms with Crippen molar-refractivity contribution in [3.05, 3.63) is 54.2 Å². The normalized spacial score (nSPS) is 15.2. The van der Waals surface area contributed by atoms with E-state index in [0.717, 1.165) is 49.6 Å². The molecule has 1 aromatic carbocycles. The molecule has 1 aliphatic heterocycles. The fourth-order valence-corrected chi connectivity index (χ4v) is 3.33. The molecule has 0 spiro atoms. The van der Waals surface area contributed by atoms with Crippen molar-refractivity contribution in [3.63, 3.8) is 0 Å². The van der Waals surface area contributed by atoms with Gasteiger partial charge in [-0.25, -0.2) is 14.6 Å². The number of benzene rings is 1. The number of likely N-dealkylation sites (N-methyl/N-ethyl adjacent to an activating group) is 1. The van der Waals surface area contributed by atoms with Crippen LogP contribution >= 0.6 is 0 Å². The number of fused-ring (bicyclic) bond motifs is 3. The van der Waals surface area contributed by atoms with Crippen LogP contribution in [0.4, 0.5) is 19.0 Å². The fourth-order valence-electron chi connectivity index (χ4n) is 3.33. The monoisotopic (exact) mass is 450 g/mol. The Kier molecular flexibility index (Phi) is 6.68. The molecule has 0 aliphatic carbocycles. The summed E-state index contributed by atoms with van der Waals surface area (Å²) in [6.07, 6.45) is -1.38. The second-order valence-corrected chi connectivity index (χ2v) is 7.20. The summed E-state index contributed by atoms with van der Waals surface area (Å²) in [7, 11) is 2.06. The summed E-state index contributed by atoms with van der Waals surface area (Å²) in [5, 5.41) is 15.6. The van der Waals surface area contributed by atoms with Crippen LogP contribution in [0.15, 0.2) is 48.7 Å². The molecule has 2 aromatic heterocycles. The molecule has 4 rings (SSSR count). The molecule has 170 valence electrons. The molecule has 8 nitrogen and oxygen atoms in total. The van der Waals surface area contributed by atoms with Gasteiger partial charge in [0.05, 0.1) is 22.1 Å². The lowest BCUT2D eigenvalue weighted by Crippen LogP contribution is -2.45. The fraction of sp³-hybridized carbons (Fsp3) is 0.286. The molecule has 0 bridgehead atoms. The minimum atomic E-state index is -4.37. The summed E-state index contributed by atoms with van der Waals surface area (Å²) >= 11 is 0. The van der Waals surface area contributed by atoms with Gasteiger partial charge in [0.25, 0.3) is 0 Å². The van der Waals surface area contributed by atoms with Gasteiger partial charge in [-0.2, -0.15) is 13.2 Å². The van der Waals surface area contributed by atoms with E-state index < -0.39 is 23.7 Å². The number of piperazine rings is 1. The Balaban J connectivity index is 0.000000312. The van der Waals surface area contributed by atoms with Gasteiger partial charge in [0, 0.05) is 44.5 Å². The number of carbonyl (C=O) groups is 2. The number of halogens is 3. The lowest BCUT2D eigenvalue weighted by atomic mass is 10.2. The van der Waals surface area contributed by atoms with Gasteiger partial charge in [0.1, 0.15) is 0 Å². The van der Waals surface area contributed by atoms with Gasteiger partial charge in [0.2, 0.25) is 0 Å². The first-order valence-corrected chi connectivity index (χ1v) is 9.61. The van der Waals surface area contributed by atoms with Gasteiger partial charge >= 0.3 is 18.1 Å². The van der Waals surface area contributed by atoms with Crippen LogP contribution < -0.4 is 4.90 Å². The van der Waals surface area contributed by atoms with Crippen LogP contribution in [0.1, 0.15) is 5.56 Å². The minimum absolute atomic E-state index is 0.363. The van der Waals surface area contributed by atoms with E-state index in [2.05, 4.69) is 21.8 Å². The minimum Gasteiger partial charge on any atom is -0.478 e. The highest BCUT2D eigenvalue weighted by Crippen LogP contribution is 2.33. The number of carboxylic acids is 2. The summed E-state index contributed by atoms with van der Waals surface area (Å²) in [6, 6.07) is 7.59. The van der Waals surface area contributed by atoms with Gasteiger partial charge in [-0.1, -0.05) is 0 Å². The van der Waals surface area contributed by atoms with E-state index in [4.69, 9.17) is 10.2 Å². The van der Waals surface area contributed by atoms with Gasteiger partial charge in [0.15, 0.2) is 5.82 Å². The van der Waals surface area contributed by atoms with Crippen LogP contribution in [0.25, 0.3) is 16.6 Å². The molecular weight excluding hydrogens is 429 g/mol. The zero-order valence-electron chi connectivity index (χ0n) is 17.1.